The first-order valence-corrected chi connectivity index (χ1v) is 22.6. The second kappa shape index (κ2) is 14.4. The molecule has 300 valence electrons. The summed E-state index contributed by atoms with van der Waals surface area (Å²) in [6, 6.07) is 69.0. The monoisotopic (exact) mass is 798 g/mol. The maximum Gasteiger partial charge on any atom is 0.0714 e. The fourth-order valence-corrected chi connectivity index (χ4v) is 11.6. The standard InChI is InChI=1S/C60H50N2/c1-59(2)53-37-41(27-31-49(53)50-33-29-47(39-54(50)59)61-35-13-17-43-15-9-11-23-57(43)61)25-26-42-28-32-51-52-34-30-48(62-36-14-18-44-16-10-12-24-58(44)62)40-56(52)60(55(51)38-42,45-19-5-3-6-20-45)46-21-7-4-8-22-46/h3-12,15-16,19-34,37-40H,13-14,17-18,35-36H2,1-2H3. The highest BCUT2D eigenvalue weighted by Crippen LogP contribution is 2.58. The molecule has 0 unspecified atom stereocenters. The molecule has 0 bridgehead atoms. The molecule has 2 aliphatic heterocycles. The highest BCUT2D eigenvalue weighted by atomic mass is 15.1. The fourth-order valence-electron chi connectivity index (χ4n) is 11.6. The van der Waals surface area contributed by atoms with E-state index in [0.29, 0.717) is 0 Å². The molecular weight excluding hydrogens is 749 g/mol. The van der Waals surface area contributed by atoms with Gasteiger partial charge < -0.3 is 9.80 Å². The molecule has 0 spiro atoms. The van der Waals surface area contributed by atoms with Crippen LogP contribution in [0.1, 0.15) is 82.3 Å². The van der Waals surface area contributed by atoms with Gasteiger partial charge in [-0.25, -0.2) is 0 Å². The average molecular weight is 799 g/mol. The third kappa shape index (κ3) is 5.62. The number of hydrogen-bond acceptors (Lipinski definition) is 2. The van der Waals surface area contributed by atoms with E-state index in [2.05, 4.69) is 218 Å². The number of nitrogens with zero attached hydrogens (tertiary/aromatic N) is 2. The Hall–Kier alpha value is -6.90. The van der Waals surface area contributed by atoms with Gasteiger partial charge in [-0.2, -0.15) is 0 Å². The van der Waals surface area contributed by atoms with Crippen molar-refractivity contribution in [2.75, 3.05) is 22.9 Å². The van der Waals surface area contributed by atoms with Crippen LogP contribution in [0.3, 0.4) is 0 Å². The lowest BCUT2D eigenvalue weighted by Gasteiger charge is -2.36. The fraction of sp³-hybridized carbons (Fsp3) is 0.167. The first-order chi connectivity index (χ1) is 30.5. The maximum absolute atomic E-state index is 2.54. The highest BCUT2D eigenvalue weighted by Gasteiger charge is 2.46. The molecule has 8 aromatic carbocycles. The summed E-state index contributed by atoms with van der Waals surface area (Å²) < 4.78 is 0. The molecule has 2 aliphatic carbocycles. The number of hydrogen-bond donors (Lipinski definition) is 0. The second-order valence-electron chi connectivity index (χ2n) is 18.3. The van der Waals surface area contributed by atoms with Crippen LogP contribution < -0.4 is 9.80 Å². The minimum atomic E-state index is -0.485. The van der Waals surface area contributed by atoms with Gasteiger partial charge in [-0.15, -0.1) is 0 Å². The van der Waals surface area contributed by atoms with Crippen LogP contribution in [0.15, 0.2) is 182 Å². The van der Waals surface area contributed by atoms with E-state index < -0.39 is 5.41 Å². The number of para-hydroxylation sites is 2. The largest absolute Gasteiger partial charge is 0.341 e. The van der Waals surface area contributed by atoms with Crippen molar-refractivity contribution in [1.82, 2.24) is 0 Å². The number of aryl methyl sites for hydroxylation is 2. The maximum atomic E-state index is 2.54. The first-order valence-electron chi connectivity index (χ1n) is 22.6. The zero-order valence-electron chi connectivity index (χ0n) is 35.6. The topological polar surface area (TPSA) is 6.48 Å². The Bertz CT molecular complexity index is 3020. The Morgan fingerprint density at radius 1 is 0.403 bits per heavy atom. The van der Waals surface area contributed by atoms with Gasteiger partial charge in [0.15, 0.2) is 0 Å². The minimum Gasteiger partial charge on any atom is -0.341 e. The number of benzene rings is 8. The molecule has 0 atom stereocenters. The lowest BCUT2D eigenvalue weighted by molar-refractivity contribution is 0.659. The Labute approximate surface area is 366 Å². The molecule has 12 rings (SSSR count). The zero-order valence-corrected chi connectivity index (χ0v) is 35.6. The Morgan fingerprint density at radius 3 is 1.34 bits per heavy atom. The van der Waals surface area contributed by atoms with Gasteiger partial charge in [-0.05, 0) is 146 Å². The number of rotatable bonds is 6. The predicted octanol–water partition coefficient (Wildman–Crippen LogP) is 14.7. The molecule has 8 aromatic rings. The molecule has 0 radical (unpaired) electrons. The summed E-state index contributed by atoms with van der Waals surface area (Å²) >= 11 is 0. The van der Waals surface area contributed by atoms with E-state index in [-0.39, 0.29) is 5.41 Å². The third-order valence-corrected chi connectivity index (χ3v) is 14.6. The summed E-state index contributed by atoms with van der Waals surface area (Å²) in [4.78, 5) is 5.07. The molecule has 0 saturated carbocycles. The Morgan fingerprint density at radius 2 is 0.806 bits per heavy atom. The molecule has 0 N–H and O–H groups in total. The number of fused-ring (bicyclic) bond motifs is 8. The van der Waals surface area contributed by atoms with Crippen molar-refractivity contribution in [3.05, 3.63) is 238 Å². The molecule has 0 saturated heterocycles. The summed E-state index contributed by atoms with van der Waals surface area (Å²) in [6.07, 6.45) is 9.25. The lowest BCUT2D eigenvalue weighted by Crippen LogP contribution is -2.29. The second-order valence-corrected chi connectivity index (χ2v) is 18.3. The molecule has 0 amide bonds. The van der Waals surface area contributed by atoms with Crippen molar-refractivity contribution in [2.45, 2.75) is 50.4 Å². The van der Waals surface area contributed by atoms with E-state index >= 15 is 0 Å². The van der Waals surface area contributed by atoms with Gasteiger partial charge in [0.25, 0.3) is 0 Å². The van der Waals surface area contributed by atoms with Gasteiger partial charge in [-0.1, -0.05) is 166 Å². The SMILES string of the molecule is CC1(C)c2cc(C=Cc3ccc4c(c3)C(c3ccccc3)(c3ccccc3)c3cc(N5CCCc6ccccc65)ccc3-4)ccc2-c2ccc(N3CCCc4ccccc43)cc21. The summed E-state index contributed by atoms with van der Waals surface area (Å²) in [7, 11) is 0. The van der Waals surface area contributed by atoms with Crippen LogP contribution in [0.4, 0.5) is 22.7 Å². The quantitative estimate of drug-likeness (QED) is 0.155. The van der Waals surface area contributed by atoms with E-state index in [1.54, 1.807) is 0 Å². The van der Waals surface area contributed by atoms with E-state index in [9.17, 15) is 0 Å². The average Bonchev–Trinajstić information content (AvgIpc) is 3.75. The van der Waals surface area contributed by atoms with Crippen LogP contribution in [-0.2, 0) is 23.7 Å². The van der Waals surface area contributed by atoms with Gasteiger partial charge in [0.2, 0.25) is 0 Å². The molecule has 0 fully saturated rings. The lowest BCUT2D eigenvalue weighted by atomic mass is 9.67. The van der Waals surface area contributed by atoms with Crippen molar-refractivity contribution in [3.8, 4) is 22.3 Å². The molecule has 2 nitrogen and oxygen atoms in total. The molecular formula is C60H50N2. The normalized spacial score (nSPS) is 16.3. The van der Waals surface area contributed by atoms with Gasteiger partial charge in [0, 0.05) is 41.3 Å². The highest BCUT2D eigenvalue weighted by molar-refractivity contribution is 5.90. The van der Waals surface area contributed by atoms with Crippen LogP contribution >= 0.6 is 0 Å². The first kappa shape index (κ1) is 36.9. The van der Waals surface area contributed by atoms with Gasteiger partial charge in [0.05, 0.1) is 5.41 Å². The van der Waals surface area contributed by atoms with Crippen LogP contribution in [-0.4, -0.2) is 13.1 Å². The predicted molar refractivity (Wildman–Crippen MR) is 260 cm³/mol. The van der Waals surface area contributed by atoms with Gasteiger partial charge >= 0.3 is 0 Å². The molecule has 62 heavy (non-hydrogen) atoms. The molecule has 2 heterocycles. The minimum absolute atomic E-state index is 0.112. The van der Waals surface area contributed by atoms with E-state index in [4.69, 9.17) is 0 Å². The number of anilines is 4. The van der Waals surface area contributed by atoms with Crippen molar-refractivity contribution >= 4 is 34.9 Å². The molecule has 0 aromatic heterocycles. The summed E-state index contributed by atoms with van der Waals surface area (Å²) in [5, 5.41) is 0. The van der Waals surface area contributed by atoms with Crippen molar-refractivity contribution in [1.29, 1.82) is 0 Å². The van der Waals surface area contributed by atoms with E-state index in [0.717, 1.165) is 32.4 Å². The zero-order chi connectivity index (χ0) is 41.4. The summed E-state index contributed by atoms with van der Waals surface area (Å²) in [5.74, 6) is 0. The Kier molecular flexibility index (Phi) is 8.54. The summed E-state index contributed by atoms with van der Waals surface area (Å²) in [5.41, 5.74) is 23.4. The van der Waals surface area contributed by atoms with E-state index in [1.807, 2.05) is 0 Å². The van der Waals surface area contributed by atoms with Gasteiger partial charge in [-0.3, -0.25) is 0 Å². The van der Waals surface area contributed by atoms with Crippen molar-refractivity contribution < 1.29 is 0 Å². The van der Waals surface area contributed by atoms with Crippen LogP contribution in [0, 0.1) is 0 Å². The van der Waals surface area contributed by atoms with Crippen molar-refractivity contribution in [2.24, 2.45) is 0 Å². The van der Waals surface area contributed by atoms with Crippen molar-refractivity contribution in [3.63, 3.8) is 0 Å². The van der Waals surface area contributed by atoms with E-state index in [1.165, 1.54) is 107 Å². The smallest absolute Gasteiger partial charge is 0.0714 e. The van der Waals surface area contributed by atoms with Crippen LogP contribution in [0.25, 0.3) is 34.4 Å². The van der Waals surface area contributed by atoms with Gasteiger partial charge in [0.1, 0.15) is 0 Å². The molecule has 4 aliphatic rings. The van der Waals surface area contributed by atoms with Crippen LogP contribution in [0.5, 0.6) is 0 Å². The molecule has 2 heteroatoms. The third-order valence-electron chi connectivity index (χ3n) is 14.6. The summed E-state index contributed by atoms with van der Waals surface area (Å²) in [6.45, 7) is 6.88. The van der Waals surface area contributed by atoms with Crippen LogP contribution in [0.2, 0.25) is 0 Å². The Balaban J connectivity index is 0.931.